The number of carbonyl (C=O) groups excluding carboxylic acids is 2. The van der Waals surface area contributed by atoms with Crippen molar-refractivity contribution in [2.75, 3.05) is 0 Å². The molecule has 0 saturated carbocycles. The van der Waals surface area contributed by atoms with Gasteiger partial charge in [0, 0.05) is 27.9 Å². The van der Waals surface area contributed by atoms with Crippen molar-refractivity contribution < 1.29 is 19.5 Å². The summed E-state index contributed by atoms with van der Waals surface area (Å²) >= 11 is 0. The SMILES string of the molecule is CCCCCC/C(=C\C1=C(C)C(=O)C(C)=C(C)C1=O)C(=O)O. The Bertz CT molecular complexity index is 588. The molecular formula is C18H24O4. The predicted octanol–water partition coefficient (Wildman–Crippen LogP) is 3.77. The van der Waals surface area contributed by atoms with Crippen molar-refractivity contribution in [3.05, 3.63) is 33.9 Å². The van der Waals surface area contributed by atoms with Crippen LogP contribution in [0.2, 0.25) is 0 Å². The van der Waals surface area contributed by atoms with Crippen LogP contribution in [-0.4, -0.2) is 22.6 Å². The van der Waals surface area contributed by atoms with Crippen LogP contribution in [0, 0.1) is 0 Å². The fourth-order valence-electron chi connectivity index (χ4n) is 2.45. The summed E-state index contributed by atoms with van der Waals surface area (Å²) in [7, 11) is 0. The van der Waals surface area contributed by atoms with Gasteiger partial charge in [-0.25, -0.2) is 4.79 Å². The molecule has 22 heavy (non-hydrogen) atoms. The quantitative estimate of drug-likeness (QED) is 0.441. The van der Waals surface area contributed by atoms with E-state index in [-0.39, 0.29) is 22.7 Å². The van der Waals surface area contributed by atoms with Crippen LogP contribution in [0.15, 0.2) is 33.9 Å². The highest BCUT2D eigenvalue weighted by molar-refractivity contribution is 6.25. The second-order valence-electron chi connectivity index (χ2n) is 5.73. The third kappa shape index (κ3) is 4.03. The van der Waals surface area contributed by atoms with Crippen LogP contribution >= 0.6 is 0 Å². The van der Waals surface area contributed by atoms with E-state index in [9.17, 15) is 19.5 Å². The zero-order chi connectivity index (χ0) is 16.9. The maximum absolute atomic E-state index is 12.3. The molecule has 120 valence electrons. The van der Waals surface area contributed by atoms with E-state index in [0.29, 0.717) is 23.1 Å². The number of rotatable bonds is 7. The maximum atomic E-state index is 12.3. The minimum absolute atomic E-state index is 0.181. The van der Waals surface area contributed by atoms with Crippen LogP contribution in [0.25, 0.3) is 0 Å². The van der Waals surface area contributed by atoms with Gasteiger partial charge < -0.3 is 5.11 Å². The van der Waals surface area contributed by atoms with Gasteiger partial charge in [-0.05, 0) is 39.7 Å². The molecule has 0 saturated heterocycles. The van der Waals surface area contributed by atoms with Crippen LogP contribution < -0.4 is 0 Å². The molecule has 0 heterocycles. The first kappa shape index (κ1) is 18.1. The Kier molecular flexibility index (Phi) is 6.47. The molecule has 0 radical (unpaired) electrons. The van der Waals surface area contributed by atoms with Gasteiger partial charge in [0.2, 0.25) is 0 Å². The number of hydrogen-bond acceptors (Lipinski definition) is 3. The van der Waals surface area contributed by atoms with E-state index in [1.54, 1.807) is 20.8 Å². The van der Waals surface area contributed by atoms with Crippen molar-refractivity contribution in [2.24, 2.45) is 0 Å². The van der Waals surface area contributed by atoms with Gasteiger partial charge in [0.1, 0.15) is 0 Å². The lowest BCUT2D eigenvalue weighted by atomic mass is 9.85. The molecule has 1 rings (SSSR count). The number of carboxylic acids is 1. The summed E-state index contributed by atoms with van der Waals surface area (Å²) in [6.45, 7) is 6.91. The number of allylic oxidation sites excluding steroid dienone is 5. The summed E-state index contributed by atoms with van der Waals surface area (Å²) in [6, 6.07) is 0. The number of carboxylic acid groups (broad SMARTS) is 1. The Morgan fingerprint density at radius 1 is 0.955 bits per heavy atom. The lowest BCUT2D eigenvalue weighted by Gasteiger charge is -2.17. The van der Waals surface area contributed by atoms with E-state index in [0.717, 1.165) is 25.7 Å². The van der Waals surface area contributed by atoms with E-state index in [1.165, 1.54) is 6.08 Å². The van der Waals surface area contributed by atoms with Crippen molar-refractivity contribution in [1.29, 1.82) is 0 Å². The third-order valence-corrected chi connectivity index (χ3v) is 4.13. The summed E-state index contributed by atoms with van der Waals surface area (Å²) in [6.07, 6.45) is 5.67. The molecule has 4 heteroatoms. The van der Waals surface area contributed by atoms with Crippen LogP contribution in [0.5, 0.6) is 0 Å². The summed E-state index contributed by atoms with van der Waals surface area (Å²) in [5.74, 6) is -1.46. The zero-order valence-corrected chi connectivity index (χ0v) is 13.8. The second-order valence-corrected chi connectivity index (χ2v) is 5.73. The van der Waals surface area contributed by atoms with Gasteiger partial charge in [-0.2, -0.15) is 0 Å². The minimum atomic E-state index is -1.03. The summed E-state index contributed by atoms with van der Waals surface area (Å²) in [4.78, 5) is 35.8. The zero-order valence-electron chi connectivity index (χ0n) is 13.8. The first-order valence-electron chi connectivity index (χ1n) is 7.72. The number of Topliss-reactive ketones (excluding diaryl/α,β-unsaturated/α-hetero) is 2. The molecule has 0 aliphatic heterocycles. The molecule has 4 nitrogen and oxygen atoms in total. The first-order valence-corrected chi connectivity index (χ1v) is 7.72. The lowest BCUT2D eigenvalue weighted by Crippen LogP contribution is -2.20. The highest BCUT2D eigenvalue weighted by Crippen LogP contribution is 2.26. The van der Waals surface area contributed by atoms with Crippen molar-refractivity contribution in [2.45, 2.75) is 59.8 Å². The normalized spacial score (nSPS) is 16.6. The summed E-state index contributed by atoms with van der Waals surface area (Å²) in [5.41, 5.74) is 1.59. The number of carbonyl (C=O) groups is 3. The van der Waals surface area contributed by atoms with Gasteiger partial charge in [-0.15, -0.1) is 0 Å². The van der Waals surface area contributed by atoms with Crippen LogP contribution in [-0.2, 0) is 14.4 Å². The molecule has 0 amide bonds. The number of ketones is 2. The maximum Gasteiger partial charge on any atom is 0.331 e. The Hall–Kier alpha value is -1.97. The average molecular weight is 304 g/mol. The molecule has 0 fully saturated rings. The molecule has 0 unspecified atom stereocenters. The molecule has 1 aliphatic rings. The predicted molar refractivity (Wildman–Crippen MR) is 85.6 cm³/mol. The molecule has 0 aromatic carbocycles. The number of aliphatic carboxylic acids is 1. The van der Waals surface area contributed by atoms with Crippen LogP contribution in [0.3, 0.4) is 0 Å². The average Bonchev–Trinajstić information content (AvgIpc) is 2.49. The van der Waals surface area contributed by atoms with Crippen LogP contribution in [0.1, 0.15) is 59.8 Å². The molecule has 1 N–H and O–H groups in total. The van der Waals surface area contributed by atoms with Crippen molar-refractivity contribution in [3.8, 4) is 0 Å². The molecule has 0 atom stereocenters. The standard InChI is InChI=1S/C18H24O4/c1-5-6-7-8-9-14(18(21)22)10-15-13(4)16(19)11(2)12(3)17(15)20/h10H,5-9H2,1-4H3,(H,21,22)/b14-10+. The van der Waals surface area contributed by atoms with Gasteiger partial charge in [0.15, 0.2) is 11.6 Å². The van der Waals surface area contributed by atoms with Crippen molar-refractivity contribution >= 4 is 17.5 Å². The fraction of sp³-hybridized carbons (Fsp3) is 0.500. The van der Waals surface area contributed by atoms with Crippen molar-refractivity contribution in [1.82, 2.24) is 0 Å². The van der Waals surface area contributed by atoms with E-state index in [1.807, 2.05) is 0 Å². The van der Waals surface area contributed by atoms with Crippen molar-refractivity contribution in [3.63, 3.8) is 0 Å². The van der Waals surface area contributed by atoms with E-state index >= 15 is 0 Å². The molecule has 0 aromatic heterocycles. The Balaban J connectivity index is 3.07. The van der Waals surface area contributed by atoms with Crippen LogP contribution in [0.4, 0.5) is 0 Å². The van der Waals surface area contributed by atoms with E-state index in [4.69, 9.17) is 0 Å². The molecule has 0 aromatic rings. The van der Waals surface area contributed by atoms with E-state index < -0.39 is 5.97 Å². The smallest absolute Gasteiger partial charge is 0.331 e. The van der Waals surface area contributed by atoms with Gasteiger partial charge in [0.25, 0.3) is 0 Å². The molecule has 0 bridgehead atoms. The number of unbranched alkanes of at least 4 members (excludes halogenated alkanes) is 3. The molecular weight excluding hydrogens is 280 g/mol. The molecule has 0 spiro atoms. The van der Waals surface area contributed by atoms with Gasteiger partial charge in [-0.1, -0.05) is 26.2 Å². The fourth-order valence-corrected chi connectivity index (χ4v) is 2.45. The van der Waals surface area contributed by atoms with Gasteiger partial charge in [0.05, 0.1) is 0 Å². The highest BCUT2D eigenvalue weighted by Gasteiger charge is 2.27. The Labute approximate surface area is 131 Å². The number of hydrogen-bond donors (Lipinski definition) is 1. The van der Waals surface area contributed by atoms with Gasteiger partial charge >= 0.3 is 5.97 Å². The Morgan fingerprint density at radius 3 is 2.09 bits per heavy atom. The second kappa shape index (κ2) is 7.87. The van der Waals surface area contributed by atoms with E-state index in [2.05, 4.69) is 6.92 Å². The lowest BCUT2D eigenvalue weighted by molar-refractivity contribution is -0.132. The largest absolute Gasteiger partial charge is 0.478 e. The summed E-state index contributed by atoms with van der Waals surface area (Å²) < 4.78 is 0. The third-order valence-electron chi connectivity index (χ3n) is 4.13. The highest BCUT2D eigenvalue weighted by atomic mass is 16.4. The first-order chi connectivity index (χ1) is 10.3. The van der Waals surface area contributed by atoms with Gasteiger partial charge in [-0.3, -0.25) is 9.59 Å². The Morgan fingerprint density at radius 2 is 1.55 bits per heavy atom. The minimum Gasteiger partial charge on any atom is -0.478 e. The topological polar surface area (TPSA) is 71.4 Å². The monoisotopic (exact) mass is 304 g/mol. The summed E-state index contributed by atoms with van der Waals surface area (Å²) in [5, 5.41) is 9.32. The molecule has 1 aliphatic carbocycles.